The molecule has 0 bridgehead atoms. The second-order valence-corrected chi connectivity index (χ2v) is 5.18. The van der Waals surface area contributed by atoms with Crippen LogP contribution in [-0.4, -0.2) is 15.6 Å². The van der Waals surface area contributed by atoms with Gasteiger partial charge < -0.3 is 0 Å². The van der Waals surface area contributed by atoms with Crippen LogP contribution in [0.1, 0.15) is 22.4 Å². The van der Waals surface area contributed by atoms with Gasteiger partial charge in [-0.3, -0.25) is 9.88 Å². The van der Waals surface area contributed by atoms with Gasteiger partial charge in [0.1, 0.15) is 17.4 Å². The number of fused-ring (bicyclic) bond motifs is 1. The van der Waals surface area contributed by atoms with E-state index in [0.717, 1.165) is 24.8 Å². The van der Waals surface area contributed by atoms with E-state index in [4.69, 9.17) is 0 Å². The summed E-state index contributed by atoms with van der Waals surface area (Å²) in [4.78, 5) is 16.9. The highest BCUT2D eigenvalue weighted by molar-refractivity contribution is 7.16. The maximum absolute atomic E-state index is 11.9. The molecule has 0 aromatic carbocycles. The van der Waals surface area contributed by atoms with Crippen molar-refractivity contribution >= 4 is 22.4 Å². The van der Waals surface area contributed by atoms with E-state index in [0.29, 0.717) is 10.6 Å². The molecule has 1 amide bonds. The number of thiophene rings is 1. The van der Waals surface area contributed by atoms with Gasteiger partial charge in [-0.15, -0.1) is 11.3 Å². The van der Waals surface area contributed by atoms with Crippen molar-refractivity contribution in [3.63, 3.8) is 0 Å². The summed E-state index contributed by atoms with van der Waals surface area (Å²) < 4.78 is 1.35. The highest BCUT2D eigenvalue weighted by Crippen LogP contribution is 2.38. The number of nitrogens with zero attached hydrogens (tertiary/aromatic N) is 3. The first-order valence-corrected chi connectivity index (χ1v) is 6.45. The molecule has 1 aliphatic rings. The summed E-state index contributed by atoms with van der Waals surface area (Å²) in [7, 11) is 0. The van der Waals surface area contributed by atoms with Crippen LogP contribution < -0.4 is 5.32 Å². The third-order valence-corrected chi connectivity index (χ3v) is 4.20. The highest BCUT2D eigenvalue weighted by Gasteiger charge is 2.23. The lowest BCUT2D eigenvalue weighted by Crippen LogP contribution is -2.17. The topological polar surface area (TPSA) is 70.7 Å². The van der Waals surface area contributed by atoms with Crippen LogP contribution in [0.2, 0.25) is 0 Å². The lowest BCUT2D eigenvalue weighted by Gasteiger charge is -2.03. The molecule has 0 spiro atoms. The third kappa shape index (κ3) is 1.69. The normalized spacial score (nSPS) is 13.1. The van der Waals surface area contributed by atoms with Gasteiger partial charge in [0.2, 0.25) is 0 Å². The van der Waals surface area contributed by atoms with Crippen molar-refractivity contribution in [1.82, 2.24) is 9.55 Å². The summed E-state index contributed by atoms with van der Waals surface area (Å²) in [5.41, 5.74) is 1.74. The first kappa shape index (κ1) is 11.0. The Hall–Kier alpha value is -2.13. The lowest BCUT2D eigenvalue weighted by molar-refractivity contribution is 0.253. The number of nitrogens with one attached hydrogen (secondary N) is 1. The molecule has 0 fully saturated rings. The first-order valence-electron chi connectivity index (χ1n) is 5.63. The van der Waals surface area contributed by atoms with E-state index < -0.39 is 0 Å². The van der Waals surface area contributed by atoms with Crippen LogP contribution in [0.25, 0.3) is 0 Å². The second kappa shape index (κ2) is 4.27. The predicted molar refractivity (Wildman–Crippen MR) is 67.7 cm³/mol. The molecule has 3 rings (SSSR count). The van der Waals surface area contributed by atoms with Crippen molar-refractivity contribution in [3.05, 3.63) is 34.7 Å². The molecule has 18 heavy (non-hydrogen) atoms. The average Bonchev–Trinajstić information content (AvgIpc) is 3.04. The average molecular weight is 258 g/mol. The second-order valence-electron chi connectivity index (χ2n) is 4.07. The van der Waals surface area contributed by atoms with Crippen LogP contribution in [0.15, 0.2) is 18.7 Å². The molecule has 0 saturated carbocycles. The van der Waals surface area contributed by atoms with Gasteiger partial charge in [-0.05, 0) is 24.8 Å². The molecule has 5 nitrogen and oxygen atoms in total. The maximum Gasteiger partial charge on any atom is 0.331 e. The van der Waals surface area contributed by atoms with Gasteiger partial charge in [0, 0.05) is 17.3 Å². The van der Waals surface area contributed by atoms with E-state index in [-0.39, 0.29) is 6.03 Å². The number of imidazole rings is 1. The monoisotopic (exact) mass is 258 g/mol. The van der Waals surface area contributed by atoms with Crippen molar-refractivity contribution in [1.29, 1.82) is 5.26 Å². The predicted octanol–water partition coefficient (Wildman–Crippen LogP) is 2.39. The van der Waals surface area contributed by atoms with E-state index in [1.54, 1.807) is 12.4 Å². The van der Waals surface area contributed by atoms with Gasteiger partial charge in [0.05, 0.1) is 5.56 Å². The van der Waals surface area contributed by atoms with Gasteiger partial charge >= 0.3 is 6.03 Å². The number of rotatable bonds is 1. The Morgan fingerprint density at radius 1 is 1.56 bits per heavy atom. The molecular weight excluding hydrogens is 248 g/mol. The minimum atomic E-state index is -0.288. The molecule has 0 atom stereocenters. The van der Waals surface area contributed by atoms with Gasteiger partial charge in [-0.1, -0.05) is 0 Å². The number of aromatic nitrogens is 2. The molecule has 0 aliphatic heterocycles. The number of hydrogen-bond donors (Lipinski definition) is 1. The summed E-state index contributed by atoms with van der Waals surface area (Å²) >= 11 is 1.51. The largest absolute Gasteiger partial charge is 0.331 e. The SMILES string of the molecule is N#Cc1c(NC(=O)n2ccnc2)sc2c1CCC2. The summed E-state index contributed by atoms with van der Waals surface area (Å²) in [5.74, 6) is 0. The molecule has 2 aromatic rings. The van der Waals surface area contributed by atoms with Crippen molar-refractivity contribution in [3.8, 4) is 6.07 Å². The fourth-order valence-electron chi connectivity index (χ4n) is 2.15. The van der Waals surface area contributed by atoms with Gasteiger partial charge in [-0.2, -0.15) is 5.26 Å². The summed E-state index contributed by atoms with van der Waals surface area (Å²) in [6.07, 6.45) is 7.60. The van der Waals surface area contributed by atoms with Crippen LogP contribution in [-0.2, 0) is 12.8 Å². The van der Waals surface area contributed by atoms with E-state index in [1.807, 2.05) is 0 Å². The zero-order chi connectivity index (χ0) is 12.5. The number of carbonyl (C=O) groups excluding carboxylic acids is 1. The first-order chi connectivity index (χ1) is 8.79. The summed E-state index contributed by atoms with van der Waals surface area (Å²) in [6, 6.07) is 1.91. The van der Waals surface area contributed by atoms with E-state index in [1.165, 1.54) is 27.1 Å². The number of aryl methyl sites for hydroxylation is 1. The van der Waals surface area contributed by atoms with E-state index in [9.17, 15) is 10.1 Å². The molecule has 0 unspecified atom stereocenters. The van der Waals surface area contributed by atoms with E-state index in [2.05, 4.69) is 16.4 Å². The molecule has 0 saturated heterocycles. The number of amides is 1. The van der Waals surface area contributed by atoms with Crippen LogP contribution in [0.5, 0.6) is 0 Å². The molecule has 0 radical (unpaired) electrons. The molecule has 6 heteroatoms. The number of anilines is 1. The number of hydrogen-bond acceptors (Lipinski definition) is 4. The lowest BCUT2D eigenvalue weighted by atomic mass is 10.1. The number of nitriles is 1. The highest BCUT2D eigenvalue weighted by atomic mass is 32.1. The minimum absolute atomic E-state index is 0.288. The Morgan fingerprint density at radius 2 is 2.44 bits per heavy atom. The smallest absolute Gasteiger partial charge is 0.297 e. The Labute approximate surface area is 108 Å². The van der Waals surface area contributed by atoms with Gasteiger partial charge in [0.15, 0.2) is 0 Å². The fourth-order valence-corrected chi connectivity index (χ4v) is 3.38. The minimum Gasteiger partial charge on any atom is -0.297 e. The molecule has 2 aromatic heterocycles. The van der Waals surface area contributed by atoms with Crippen molar-refractivity contribution in [2.45, 2.75) is 19.3 Å². The Bertz CT molecular complexity index is 636. The fraction of sp³-hybridized carbons (Fsp3) is 0.250. The van der Waals surface area contributed by atoms with Crippen molar-refractivity contribution in [2.75, 3.05) is 5.32 Å². The molecule has 1 N–H and O–H groups in total. The molecule has 2 heterocycles. The Morgan fingerprint density at radius 3 is 3.17 bits per heavy atom. The summed E-state index contributed by atoms with van der Waals surface area (Å²) in [5, 5.41) is 12.6. The van der Waals surface area contributed by atoms with Crippen LogP contribution in [0.3, 0.4) is 0 Å². The third-order valence-electron chi connectivity index (χ3n) is 2.99. The van der Waals surface area contributed by atoms with E-state index >= 15 is 0 Å². The zero-order valence-corrected chi connectivity index (χ0v) is 10.3. The molecular formula is C12H10N4OS. The van der Waals surface area contributed by atoms with Crippen LogP contribution in [0.4, 0.5) is 9.80 Å². The standard InChI is InChI=1S/C12H10N4OS/c13-6-9-8-2-1-3-10(8)18-11(9)15-12(17)16-5-4-14-7-16/h4-5,7H,1-3H2,(H,15,17). The van der Waals surface area contributed by atoms with Gasteiger partial charge in [0.25, 0.3) is 0 Å². The van der Waals surface area contributed by atoms with Gasteiger partial charge in [-0.25, -0.2) is 9.78 Å². The van der Waals surface area contributed by atoms with Crippen LogP contribution in [0, 0.1) is 11.3 Å². The summed E-state index contributed by atoms with van der Waals surface area (Å²) in [6.45, 7) is 0. The van der Waals surface area contributed by atoms with Crippen molar-refractivity contribution in [2.24, 2.45) is 0 Å². The Kier molecular flexibility index (Phi) is 2.61. The number of carbonyl (C=O) groups is 1. The molecule has 90 valence electrons. The molecule has 1 aliphatic carbocycles. The van der Waals surface area contributed by atoms with Crippen molar-refractivity contribution < 1.29 is 4.79 Å². The Balaban J connectivity index is 1.90. The zero-order valence-electron chi connectivity index (χ0n) is 9.51. The quantitative estimate of drug-likeness (QED) is 0.853. The van der Waals surface area contributed by atoms with Crippen LogP contribution >= 0.6 is 11.3 Å². The maximum atomic E-state index is 11.9.